The highest BCUT2D eigenvalue weighted by atomic mass is 35.5. The van der Waals surface area contributed by atoms with Crippen LogP contribution in [0, 0.1) is 0 Å². The van der Waals surface area contributed by atoms with Gasteiger partial charge in [-0.1, -0.05) is 13.8 Å². The average molecular weight is 215 g/mol. The molecule has 0 aromatic rings. The van der Waals surface area contributed by atoms with Crippen molar-refractivity contribution in [1.82, 2.24) is 0 Å². The lowest BCUT2D eigenvalue weighted by Gasteiger charge is -2.14. The third-order valence-electron chi connectivity index (χ3n) is 1.13. The summed E-state index contributed by atoms with van der Waals surface area (Å²) >= 11 is 5.47. The van der Waals surface area contributed by atoms with E-state index in [1.54, 1.807) is 0 Å². The van der Waals surface area contributed by atoms with Crippen molar-refractivity contribution in [3.63, 3.8) is 0 Å². The number of rotatable bonds is 7. The predicted molar refractivity (Wildman–Crippen MR) is 50.8 cm³/mol. The summed E-state index contributed by atoms with van der Waals surface area (Å²) in [6.45, 7) is 4.76. The molecule has 0 aliphatic carbocycles. The minimum atomic E-state index is -2.97. The maximum absolute atomic E-state index is 11.5. The molecule has 0 aromatic heterocycles. The molecule has 0 aliphatic rings. The average Bonchev–Trinajstić information content (AvgIpc) is 2.11. The molecule has 0 aliphatic heterocycles. The van der Waals surface area contributed by atoms with Gasteiger partial charge in [-0.25, -0.2) is 0 Å². The number of alkyl halides is 1. The molecule has 0 fully saturated rings. The van der Waals surface area contributed by atoms with Crippen molar-refractivity contribution in [2.75, 3.05) is 18.8 Å². The van der Waals surface area contributed by atoms with Gasteiger partial charge in [0.25, 0.3) is 0 Å². The van der Waals surface area contributed by atoms with Crippen LogP contribution in [0.4, 0.5) is 0 Å². The van der Waals surface area contributed by atoms with Crippen molar-refractivity contribution < 1.29 is 13.6 Å². The highest BCUT2D eigenvalue weighted by Crippen LogP contribution is 2.49. The summed E-state index contributed by atoms with van der Waals surface area (Å²) in [5.41, 5.74) is -0.0625. The fraction of sp³-hybridized carbons (Fsp3) is 1.00. The van der Waals surface area contributed by atoms with E-state index in [-0.39, 0.29) is 5.62 Å². The van der Waals surface area contributed by atoms with Gasteiger partial charge in [0.15, 0.2) is 0 Å². The van der Waals surface area contributed by atoms with Crippen LogP contribution >= 0.6 is 19.2 Å². The number of halogens is 1. The van der Waals surface area contributed by atoms with Gasteiger partial charge in [-0.3, -0.25) is 4.57 Å². The molecule has 12 heavy (non-hydrogen) atoms. The van der Waals surface area contributed by atoms with E-state index in [1.165, 1.54) is 0 Å². The lowest BCUT2D eigenvalue weighted by molar-refractivity contribution is 0.208. The Bertz CT molecular complexity index is 140. The summed E-state index contributed by atoms with van der Waals surface area (Å²) in [7, 11) is -2.97. The molecule has 0 spiro atoms. The first-order valence-electron chi connectivity index (χ1n) is 4.12. The first kappa shape index (κ1) is 12.4. The molecule has 0 heterocycles. The summed E-state index contributed by atoms with van der Waals surface area (Å²) in [6.07, 6.45) is 1.63. The molecular formula is C7H16ClO3P. The monoisotopic (exact) mass is 214 g/mol. The van der Waals surface area contributed by atoms with E-state index in [1.807, 2.05) is 13.8 Å². The zero-order valence-corrected chi connectivity index (χ0v) is 9.24. The predicted octanol–water partition coefficient (Wildman–Crippen LogP) is 3.23. The quantitative estimate of drug-likeness (QED) is 0.482. The Morgan fingerprint density at radius 3 is 1.83 bits per heavy atom. The SMILES string of the molecule is CCCOP(=O)(CCl)OCCC. The lowest BCUT2D eigenvalue weighted by atomic mass is 10.5. The van der Waals surface area contributed by atoms with Crippen LogP contribution in [0.15, 0.2) is 0 Å². The van der Waals surface area contributed by atoms with Crippen molar-refractivity contribution in [2.45, 2.75) is 26.7 Å². The molecule has 0 aromatic carbocycles. The van der Waals surface area contributed by atoms with Crippen LogP contribution in [0.25, 0.3) is 0 Å². The van der Waals surface area contributed by atoms with Crippen molar-refractivity contribution >= 4 is 19.2 Å². The van der Waals surface area contributed by atoms with Gasteiger partial charge in [0.05, 0.1) is 13.2 Å². The van der Waals surface area contributed by atoms with Crippen molar-refractivity contribution in [2.24, 2.45) is 0 Å². The Labute approximate surface area is 78.9 Å². The van der Waals surface area contributed by atoms with Gasteiger partial charge in [0.1, 0.15) is 5.62 Å². The largest absolute Gasteiger partial charge is 0.345 e. The number of hydrogen-bond donors (Lipinski definition) is 0. The van der Waals surface area contributed by atoms with Crippen LogP contribution < -0.4 is 0 Å². The Morgan fingerprint density at radius 2 is 1.58 bits per heavy atom. The Balaban J connectivity index is 3.79. The molecule has 0 atom stereocenters. The summed E-state index contributed by atoms with van der Waals surface area (Å²) in [5.74, 6) is 0. The van der Waals surface area contributed by atoms with Crippen LogP contribution in [-0.4, -0.2) is 18.8 Å². The molecule has 0 amide bonds. The molecule has 0 N–H and O–H groups in total. The van der Waals surface area contributed by atoms with Gasteiger partial charge in [-0.2, -0.15) is 0 Å². The van der Waals surface area contributed by atoms with E-state index < -0.39 is 7.60 Å². The molecule has 0 radical (unpaired) electrons. The Kier molecular flexibility index (Phi) is 7.16. The normalized spacial score (nSPS) is 11.9. The third kappa shape index (κ3) is 5.15. The molecule has 5 heteroatoms. The zero-order valence-electron chi connectivity index (χ0n) is 7.59. The molecular weight excluding hydrogens is 199 g/mol. The van der Waals surface area contributed by atoms with Crippen LogP contribution in [-0.2, 0) is 13.6 Å². The highest BCUT2D eigenvalue weighted by Gasteiger charge is 2.21. The summed E-state index contributed by atoms with van der Waals surface area (Å²) in [4.78, 5) is 0. The van der Waals surface area contributed by atoms with Crippen LogP contribution in [0.5, 0.6) is 0 Å². The molecule has 0 saturated carbocycles. The topological polar surface area (TPSA) is 35.5 Å². The minimum Gasteiger partial charge on any atom is -0.308 e. The minimum absolute atomic E-state index is 0.0625. The molecule has 0 saturated heterocycles. The van der Waals surface area contributed by atoms with Gasteiger partial charge in [-0.15, -0.1) is 11.6 Å². The fourth-order valence-electron chi connectivity index (χ4n) is 0.567. The molecule has 3 nitrogen and oxygen atoms in total. The van der Waals surface area contributed by atoms with Gasteiger partial charge < -0.3 is 9.05 Å². The third-order valence-corrected chi connectivity index (χ3v) is 3.45. The van der Waals surface area contributed by atoms with Crippen LogP contribution in [0.3, 0.4) is 0 Å². The first-order valence-corrected chi connectivity index (χ1v) is 6.39. The molecule has 74 valence electrons. The van der Waals surface area contributed by atoms with Crippen molar-refractivity contribution in [3.8, 4) is 0 Å². The van der Waals surface area contributed by atoms with E-state index in [9.17, 15) is 4.57 Å². The van der Waals surface area contributed by atoms with Crippen molar-refractivity contribution in [3.05, 3.63) is 0 Å². The second-order valence-electron chi connectivity index (χ2n) is 2.40. The van der Waals surface area contributed by atoms with Gasteiger partial charge >= 0.3 is 7.60 Å². The van der Waals surface area contributed by atoms with Crippen LogP contribution in [0.2, 0.25) is 0 Å². The van der Waals surface area contributed by atoms with E-state index >= 15 is 0 Å². The second kappa shape index (κ2) is 6.90. The van der Waals surface area contributed by atoms with Gasteiger partial charge in [0.2, 0.25) is 0 Å². The van der Waals surface area contributed by atoms with E-state index in [0.29, 0.717) is 13.2 Å². The maximum Gasteiger partial charge on any atom is 0.345 e. The van der Waals surface area contributed by atoms with Gasteiger partial charge in [-0.05, 0) is 12.8 Å². The summed E-state index contributed by atoms with van der Waals surface area (Å²) in [5, 5.41) is 0. The van der Waals surface area contributed by atoms with E-state index in [2.05, 4.69) is 0 Å². The summed E-state index contributed by atoms with van der Waals surface area (Å²) < 4.78 is 21.6. The molecule has 0 bridgehead atoms. The Hall–Kier alpha value is 0.440. The van der Waals surface area contributed by atoms with E-state index in [4.69, 9.17) is 20.6 Å². The zero-order chi connectivity index (χ0) is 9.45. The first-order chi connectivity index (χ1) is 5.68. The number of hydrogen-bond acceptors (Lipinski definition) is 3. The molecule has 0 unspecified atom stereocenters. The van der Waals surface area contributed by atoms with Gasteiger partial charge in [0, 0.05) is 0 Å². The standard InChI is InChI=1S/C7H16ClO3P/c1-3-5-10-12(9,7-8)11-6-4-2/h3-7H2,1-2H3. The maximum atomic E-state index is 11.5. The van der Waals surface area contributed by atoms with Crippen molar-refractivity contribution in [1.29, 1.82) is 0 Å². The van der Waals surface area contributed by atoms with E-state index in [0.717, 1.165) is 12.8 Å². The highest BCUT2D eigenvalue weighted by molar-refractivity contribution is 7.55. The fourth-order valence-corrected chi connectivity index (χ4v) is 2.12. The summed E-state index contributed by atoms with van der Waals surface area (Å²) in [6, 6.07) is 0. The van der Waals surface area contributed by atoms with Crippen LogP contribution in [0.1, 0.15) is 26.7 Å². The Morgan fingerprint density at radius 1 is 1.17 bits per heavy atom. The lowest BCUT2D eigenvalue weighted by Crippen LogP contribution is -1.98. The second-order valence-corrected chi connectivity index (χ2v) is 5.09. The smallest absolute Gasteiger partial charge is 0.308 e. The molecule has 0 rings (SSSR count).